The summed E-state index contributed by atoms with van der Waals surface area (Å²) in [6.45, 7) is 3.33. The van der Waals surface area contributed by atoms with E-state index in [1.165, 1.54) is 11.0 Å². The van der Waals surface area contributed by atoms with Gasteiger partial charge in [-0.15, -0.1) is 0 Å². The molecule has 9 rings (SSSR count). The summed E-state index contributed by atoms with van der Waals surface area (Å²) in [6.07, 6.45) is 3.82. The number of carbonyl (C=O) groups is 3. The zero-order valence-electron chi connectivity index (χ0n) is 30.0. The van der Waals surface area contributed by atoms with E-state index in [2.05, 4.69) is 21.2 Å². The average molecular weight is 740 g/mol. The molecule has 4 amide bonds. The lowest BCUT2D eigenvalue weighted by molar-refractivity contribution is -0.120. The summed E-state index contributed by atoms with van der Waals surface area (Å²) in [6, 6.07) is 22.1. The number of nitrogens with zero attached hydrogens (tertiary/aromatic N) is 6. The van der Waals surface area contributed by atoms with Gasteiger partial charge in [-0.3, -0.25) is 19.3 Å². The number of urea groups is 1. The number of aromatic amines is 1. The number of aromatic nitrogens is 2. The van der Waals surface area contributed by atoms with Crippen LogP contribution in [-0.4, -0.2) is 94.2 Å². The van der Waals surface area contributed by atoms with Crippen molar-refractivity contribution >= 4 is 45.1 Å². The van der Waals surface area contributed by atoms with E-state index in [-0.39, 0.29) is 40.9 Å². The molecule has 4 fully saturated rings. The van der Waals surface area contributed by atoms with Gasteiger partial charge in [0.15, 0.2) is 0 Å². The first kappa shape index (κ1) is 34.6. The highest BCUT2D eigenvalue weighted by Gasteiger charge is 2.59. The second-order valence-electron chi connectivity index (χ2n) is 14.9. The Kier molecular flexibility index (Phi) is 8.77. The van der Waals surface area contributed by atoms with Gasteiger partial charge in [0.2, 0.25) is 0 Å². The summed E-state index contributed by atoms with van der Waals surface area (Å²) in [5.41, 5.74) is 2.01. The Balaban J connectivity index is 0.809. The van der Waals surface area contributed by atoms with Gasteiger partial charge in [0.25, 0.3) is 17.4 Å². The number of piperidine rings is 1. The number of nitriles is 1. The van der Waals surface area contributed by atoms with Crippen molar-refractivity contribution in [2.75, 3.05) is 44.2 Å². The Morgan fingerprint density at radius 3 is 2.55 bits per heavy atom. The van der Waals surface area contributed by atoms with Gasteiger partial charge >= 0.3 is 6.03 Å². The van der Waals surface area contributed by atoms with Crippen LogP contribution in [0.5, 0.6) is 5.75 Å². The van der Waals surface area contributed by atoms with Crippen LogP contribution in [0.15, 0.2) is 77.6 Å². The highest BCUT2D eigenvalue weighted by molar-refractivity contribution is 6.25. The molecule has 5 aromatic rings. The number of hydrogen-bond donors (Lipinski definition) is 1. The van der Waals surface area contributed by atoms with Crippen LogP contribution >= 0.6 is 0 Å². The standard InChI is InChI=1S/C42H38FN7O5/c43-35-12-6-25(21-36-31-4-1-2-5-32(31)39(51)46-45-36)20-34(35)40(52)48-17-15-47(16-18-48)14-3-19-55-29-10-11-30-27(24-44)8-13-37(33(30)23-29)50-41(53)38-26-7-9-28(22-26)49(38)42(50)54/h1-2,4-6,8,10-13,20,23,26,28,38H,3,7,9,14-19,21-22H2,(H,46,51)/t26-,28+,38+/m0/s1. The molecule has 2 bridgehead atoms. The summed E-state index contributed by atoms with van der Waals surface area (Å²) in [7, 11) is 0. The first-order valence-corrected chi connectivity index (χ1v) is 18.8. The molecular formula is C42H38FN7O5. The van der Waals surface area contributed by atoms with Crippen LogP contribution in [0.4, 0.5) is 14.9 Å². The Bertz CT molecular complexity index is 2460. The van der Waals surface area contributed by atoms with E-state index < -0.39 is 11.9 Å². The molecule has 4 heterocycles. The van der Waals surface area contributed by atoms with Crippen LogP contribution in [0, 0.1) is 23.1 Å². The van der Waals surface area contributed by atoms with Crippen molar-refractivity contribution in [3.05, 3.63) is 111 Å². The van der Waals surface area contributed by atoms with E-state index in [1.54, 1.807) is 58.3 Å². The molecule has 4 aromatic carbocycles. The number of fused-ring (bicyclic) bond motifs is 7. The van der Waals surface area contributed by atoms with Crippen molar-refractivity contribution in [3.63, 3.8) is 0 Å². The van der Waals surface area contributed by atoms with Crippen molar-refractivity contribution in [1.82, 2.24) is 24.9 Å². The highest BCUT2D eigenvalue weighted by Crippen LogP contribution is 2.48. The Labute approximate surface area is 315 Å². The number of H-pyrrole nitrogens is 1. The summed E-state index contributed by atoms with van der Waals surface area (Å²) in [4.78, 5) is 59.9. The van der Waals surface area contributed by atoms with Crippen LogP contribution in [0.25, 0.3) is 21.5 Å². The maximum Gasteiger partial charge on any atom is 0.332 e. The van der Waals surface area contributed by atoms with Crippen molar-refractivity contribution in [1.29, 1.82) is 5.26 Å². The van der Waals surface area contributed by atoms with Crippen molar-refractivity contribution < 1.29 is 23.5 Å². The molecule has 1 saturated carbocycles. The molecule has 0 spiro atoms. The van der Waals surface area contributed by atoms with E-state index in [0.29, 0.717) is 95.4 Å². The smallest absolute Gasteiger partial charge is 0.332 e. The molecule has 1 aromatic heterocycles. The number of piperazine rings is 1. The number of imide groups is 1. The van der Waals surface area contributed by atoms with Gasteiger partial charge in [0.05, 0.1) is 40.6 Å². The summed E-state index contributed by atoms with van der Waals surface area (Å²) in [5, 5.41) is 19.1. The maximum atomic E-state index is 15.0. The van der Waals surface area contributed by atoms with Crippen molar-refractivity contribution in [2.45, 2.75) is 44.2 Å². The fourth-order valence-electron chi connectivity index (χ4n) is 9.01. The van der Waals surface area contributed by atoms with Gasteiger partial charge in [0.1, 0.15) is 17.6 Å². The predicted molar refractivity (Wildman–Crippen MR) is 202 cm³/mol. The third-order valence-corrected chi connectivity index (χ3v) is 11.8. The lowest BCUT2D eigenvalue weighted by Gasteiger charge is -2.34. The Morgan fingerprint density at radius 1 is 0.927 bits per heavy atom. The van der Waals surface area contributed by atoms with E-state index >= 15 is 0 Å². The first-order valence-electron chi connectivity index (χ1n) is 18.8. The SMILES string of the molecule is N#Cc1ccc(N2C(=O)[C@H]3[C@H]4CC[C@H](C4)N3C2=O)c2cc(OCCCN3CCN(C(=O)c4cc(Cc5n[nH]c(=O)c6ccccc56)ccc4F)CC3)ccc12. The van der Waals surface area contributed by atoms with Crippen molar-refractivity contribution in [2.24, 2.45) is 5.92 Å². The molecule has 55 heavy (non-hydrogen) atoms. The van der Waals surface area contributed by atoms with Crippen LogP contribution in [-0.2, 0) is 11.2 Å². The molecule has 3 atom stereocenters. The second kappa shape index (κ2) is 13.9. The maximum absolute atomic E-state index is 15.0. The van der Waals surface area contributed by atoms with Crippen LogP contribution < -0.4 is 15.2 Å². The van der Waals surface area contributed by atoms with Gasteiger partial charge in [-0.1, -0.05) is 24.3 Å². The topological polar surface area (TPSA) is 143 Å². The number of amides is 4. The summed E-state index contributed by atoms with van der Waals surface area (Å²) in [5.74, 6) is -0.347. The average Bonchev–Trinajstić information content (AvgIpc) is 3.91. The molecule has 1 aliphatic carbocycles. The number of rotatable bonds is 9. The van der Waals surface area contributed by atoms with Crippen molar-refractivity contribution in [3.8, 4) is 11.8 Å². The van der Waals surface area contributed by atoms with Gasteiger partial charge in [-0.25, -0.2) is 19.2 Å². The van der Waals surface area contributed by atoms with Crippen LogP contribution in [0.1, 0.15) is 52.9 Å². The lowest BCUT2D eigenvalue weighted by Crippen LogP contribution is -2.49. The van der Waals surface area contributed by atoms with Crippen LogP contribution in [0.3, 0.4) is 0 Å². The molecular weight excluding hydrogens is 702 g/mol. The molecule has 13 heteroatoms. The lowest BCUT2D eigenvalue weighted by atomic mass is 9.98. The molecule has 278 valence electrons. The molecule has 12 nitrogen and oxygen atoms in total. The molecule has 0 unspecified atom stereocenters. The fraction of sp³-hybridized carbons (Fsp3) is 0.333. The quantitative estimate of drug-likeness (QED) is 0.160. The summed E-state index contributed by atoms with van der Waals surface area (Å²) < 4.78 is 21.1. The molecule has 3 aliphatic heterocycles. The summed E-state index contributed by atoms with van der Waals surface area (Å²) >= 11 is 0. The Morgan fingerprint density at radius 2 is 1.75 bits per heavy atom. The van der Waals surface area contributed by atoms with E-state index in [1.807, 2.05) is 18.2 Å². The normalized spacial score (nSPS) is 20.8. The minimum Gasteiger partial charge on any atom is -0.494 e. The second-order valence-corrected chi connectivity index (χ2v) is 14.9. The number of anilines is 1. The molecule has 4 aliphatic rings. The number of hydrogen-bond acceptors (Lipinski definition) is 8. The Hall–Kier alpha value is -6.13. The van der Waals surface area contributed by atoms with Gasteiger partial charge < -0.3 is 14.5 Å². The number of ether oxygens (including phenoxy) is 1. The fourth-order valence-corrected chi connectivity index (χ4v) is 9.01. The molecule has 1 N–H and O–H groups in total. The van der Waals surface area contributed by atoms with E-state index in [9.17, 15) is 28.8 Å². The largest absolute Gasteiger partial charge is 0.494 e. The van der Waals surface area contributed by atoms with E-state index in [0.717, 1.165) is 25.8 Å². The number of benzene rings is 4. The van der Waals surface area contributed by atoms with Gasteiger partial charge in [-0.2, -0.15) is 10.4 Å². The third kappa shape index (κ3) is 6.06. The van der Waals surface area contributed by atoms with E-state index in [4.69, 9.17) is 4.74 Å². The number of halogens is 1. The monoisotopic (exact) mass is 739 g/mol. The zero-order chi connectivity index (χ0) is 37.8. The zero-order valence-corrected chi connectivity index (χ0v) is 30.0. The van der Waals surface area contributed by atoms with Gasteiger partial charge in [0, 0.05) is 61.3 Å². The van der Waals surface area contributed by atoms with Crippen LogP contribution in [0.2, 0.25) is 0 Å². The third-order valence-electron chi connectivity index (χ3n) is 11.8. The number of carbonyl (C=O) groups excluding carboxylic acids is 3. The highest BCUT2D eigenvalue weighted by atomic mass is 19.1. The molecule has 3 saturated heterocycles. The van der Waals surface area contributed by atoms with Gasteiger partial charge in [-0.05, 0) is 85.7 Å². The predicted octanol–water partition coefficient (Wildman–Crippen LogP) is 5.22. The minimum absolute atomic E-state index is 0.0134. The molecule has 0 radical (unpaired) electrons. The number of nitrogens with one attached hydrogen (secondary N) is 1. The first-order chi connectivity index (χ1) is 26.8. The minimum atomic E-state index is -0.580.